The predicted molar refractivity (Wildman–Crippen MR) is 130 cm³/mol. The SMILES string of the molecule is CC=CCC(C)=CC1CC=CC=CCC(C)C=C(C)C(OC)CC(O)CC(O)CC(=O)O1. The lowest BCUT2D eigenvalue weighted by atomic mass is 9.96. The third-order valence-electron chi connectivity index (χ3n) is 5.46. The summed E-state index contributed by atoms with van der Waals surface area (Å²) in [6.07, 6.45) is 16.5. The first kappa shape index (κ1) is 28.1. The number of carbonyl (C=O) groups excluding carboxylic acids is 1. The van der Waals surface area contributed by atoms with Crippen LogP contribution in [0.4, 0.5) is 0 Å². The first-order chi connectivity index (χ1) is 15.2. The molecular weight excluding hydrogens is 404 g/mol. The molecule has 5 unspecified atom stereocenters. The van der Waals surface area contributed by atoms with Gasteiger partial charge in [-0.3, -0.25) is 4.79 Å². The van der Waals surface area contributed by atoms with E-state index < -0.39 is 24.3 Å². The first-order valence-corrected chi connectivity index (χ1v) is 11.6. The molecular formula is C27H42O5. The average molecular weight is 447 g/mol. The van der Waals surface area contributed by atoms with Crippen molar-refractivity contribution < 1.29 is 24.5 Å². The van der Waals surface area contributed by atoms with Crippen LogP contribution in [0.1, 0.15) is 66.2 Å². The normalized spacial score (nSPS) is 30.0. The number of hydrogen-bond acceptors (Lipinski definition) is 5. The number of rotatable bonds is 4. The standard InChI is InChI=1S/C27H42O5/c1-6-7-12-21(3)16-25-14-11-9-8-10-13-20(2)15-22(4)26(31-5)18-23(28)17-24(29)19-27(30)32-25/h6-11,15-16,20,23-26,28-29H,12-14,17-19H2,1-5H3. The van der Waals surface area contributed by atoms with Gasteiger partial charge in [0.2, 0.25) is 0 Å². The Balaban J connectivity index is 3.02. The van der Waals surface area contributed by atoms with Crippen LogP contribution in [0.5, 0.6) is 0 Å². The minimum atomic E-state index is -0.968. The van der Waals surface area contributed by atoms with Gasteiger partial charge >= 0.3 is 5.97 Å². The van der Waals surface area contributed by atoms with E-state index in [0.29, 0.717) is 18.8 Å². The van der Waals surface area contributed by atoms with E-state index in [1.165, 1.54) is 0 Å². The second-order valence-electron chi connectivity index (χ2n) is 8.74. The molecule has 0 saturated heterocycles. The van der Waals surface area contributed by atoms with E-state index in [-0.39, 0.29) is 18.9 Å². The molecule has 5 atom stereocenters. The summed E-state index contributed by atoms with van der Waals surface area (Å²) in [7, 11) is 1.62. The Morgan fingerprint density at radius 2 is 1.88 bits per heavy atom. The highest BCUT2D eigenvalue weighted by Gasteiger charge is 2.22. The molecule has 5 heteroatoms. The van der Waals surface area contributed by atoms with E-state index in [0.717, 1.165) is 24.0 Å². The molecule has 0 amide bonds. The Labute approximate surface area is 194 Å². The van der Waals surface area contributed by atoms with E-state index in [9.17, 15) is 15.0 Å². The highest BCUT2D eigenvalue weighted by Crippen LogP contribution is 2.20. The molecule has 0 aliphatic carbocycles. The summed E-state index contributed by atoms with van der Waals surface area (Å²) in [6, 6.07) is 0. The lowest BCUT2D eigenvalue weighted by Crippen LogP contribution is -2.27. The molecule has 0 aromatic heterocycles. The summed E-state index contributed by atoms with van der Waals surface area (Å²) in [5.41, 5.74) is 2.17. The molecule has 0 spiro atoms. The van der Waals surface area contributed by atoms with Crippen molar-refractivity contribution >= 4 is 5.97 Å². The lowest BCUT2D eigenvalue weighted by Gasteiger charge is -2.23. The highest BCUT2D eigenvalue weighted by atomic mass is 16.5. The maximum Gasteiger partial charge on any atom is 0.309 e. The number of cyclic esters (lactones) is 1. The Bertz CT molecular complexity index is 701. The number of allylic oxidation sites excluding steroid dienone is 7. The Kier molecular flexibility index (Phi) is 13.9. The van der Waals surface area contributed by atoms with Crippen LogP contribution >= 0.6 is 0 Å². The lowest BCUT2D eigenvalue weighted by molar-refractivity contribution is -0.149. The molecule has 1 heterocycles. The van der Waals surface area contributed by atoms with Crippen molar-refractivity contribution in [2.75, 3.05) is 7.11 Å². The molecule has 180 valence electrons. The van der Waals surface area contributed by atoms with E-state index in [1.807, 2.05) is 51.2 Å². The van der Waals surface area contributed by atoms with Crippen molar-refractivity contribution in [3.05, 3.63) is 59.8 Å². The number of aliphatic hydroxyl groups excluding tert-OH is 2. The smallest absolute Gasteiger partial charge is 0.309 e. The number of carbonyl (C=O) groups is 1. The van der Waals surface area contributed by atoms with Crippen LogP contribution in [0.25, 0.3) is 0 Å². The second-order valence-corrected chi connectivity index (χ2v) is 8.74. The van der Waals surface area contributed by atoms with Crippen LogP contribution in [-0.4, -0.2) is 47.7 Å². The van der Waals surface area contributed by atoms with Gasteiger partial charge in [0.05, 0.1) is 24.7 Å². The van der Waals surface area contributed by atoms with Crippen LogP contribution in [0.2, 0.25) is 0 Å². The monoisotopic (exact) mass is 446 g/mol. The summed E-state index contributed by atoms with van der Waals surface area (Å²) in [5, 5.41) is 20.8. The van der Waals surface area contributed by atoms with Crippen LogP contribution in [0.15, 0.2) is 59.8 Å². The first-order valence-electron chi connectivity index (χ1n) is 11.6. The Morgan fingerprint density at radius 1 is 1.19 bits per heavy atom. The molecule has 1 rings (SSSR count). The summed E-state index contributed by atoms with van der Waals surface area (Å²) in [5.74, 6) is -0.132. The Hall–Kier alpha value is -1.95. The van der Waals surface area contributed by atoms with Crippen LogP contribution < -0.4 is 0 Å². The van der Waals surface area contributed by atoms with Gasteiger partial charge in [0, 0.05) is 20.0 Å². The molecule has 32 heavy (non-hydrogen) atoms. The van der Waals surface area contributed by atoms with Crippen LogP contribution in [-0.2, 0) is 14.3 Å². The molecule has 1 aliphatic heterocycles. The fourth-order valence-electron chi connectivity index (χ4n) is 3.74. The molecule has 0 radical (unpaired) electrons. The maximum absolute atomic E-state index is 12.4. The van der Waals surface area contributed by atoms with Gasteiger partial charge < -0.3 is 19.7 Å². The van der Waals surface area contributed by atoms with Crippen molar-refractivity contribution in [1.82, 2.24) is 0 Å². The third kappa shape index (κ3) is 12.2. The van der Waals surface area contributed by atoms with Gasteiger partial charge in [-0.2, -0.15) is 0 Å². The molecule has 0 aromatic rings. The number of methoxy groups -OCH3 is 1. The van der Waals surface area contributed by atoms with Gasteiger partial charge in [-0.1, -0.05) is 55.0 Å². The fraction of sp³-hybridized carbons (Fsp3) is 0.593. The average Bonchev–Trinajstić information content (AvgIpc) is 2.71. The van der Waals surface area contributed by atoms with Crippen LogP contribution in [0.3, 0.4) is 0 Å². The zero-order chi connectivity index (χ0) is 23.9. The van der Waals surface area contributed by atoms with E-state index >= 15 is 0 Å². The molecule has 0 saturated carbocycles. The number of ether oxygens (including phenoxy) is 2. The zero-order valence-electron chi connectivity index (χ0n) is 20.4. The van der Waals surface area contributed by atoms with Gasteiger partial charge in [-0.05, 0) is 57.6 Å². The van der Waals surface area contributed by atoms with Gasteiger partial charge in [0.1, 0.15) is 6.10 Å². The van der Waals surface area contributed by atoms with E-state index in [2.05, 4.69) is 25.2 Å². The number of aliphatic hydroxyl groups is 2. The minimum Gasteiger partial charge on any atom is -0.458 e. The third-order valence-corrected chi connectivity index (χ3v) is 5.46. The van der Waals surface area contributed by atoms with E-state index in [1.54, 1.807) is 7.11 Å². The van der Waals surface area contributed by atoms with Crippen molar-refractivity contribution in [2.45, 2.75) is 90.6 Å². The zero-order valence-corrected chi connectivity index (χ0v) is 20.4. The number of hydrogen-bond donors (Lipinski definition) is 2. The van der Waals surface area contributed by atoms with Gasteiger partial charge in [0.15, 0.2) is 0 Å². The number of esters is 1. The summed E-state index contributed by atoms with van der Waals surface area (Å²) in [6.45, 7) is 8.13. The van der Waals surface area contributed by atoms with Gasteiger partial charge in [0.25, 0.3) is 0 Å². The highest BCUT2D eigenvalue weighted by molar-refractivity contribution is 5.70. The molecule has 0 bridgehead atoms. The molecule has 2 N–H and O–H groups in total. The van der Waals surface area contributed by atoms with E-state index in [4.69, 9.17) is 9.47 Å². The van der Waals surface area contributed by atoms with Crippen molar-refractivity contribution in [3.63, 3.8) is 0 Å². The quantitative estimate of drug-likeness (QED) is 0.458. The van der Waals surface area contributed by atoms with Crippen molar-refractivity contribution in [2.24, 2.45) is 5.92 Å². The van der Waals surface area contributed by atoms with Crippen molar-refractivity contribution in [1.29, 1.82) is 0 Å². The molecule has 0 fully saturated rings. The van der Waals surface area contributed by atoms with Crippen molar-refractivity contribution in [3.8, 4) is 0 Å². The topological polar surface area (TPSA) is 76.0 Å². The maximum atomic E-state index is 12.4. The van der Waals surface area contributed by atoms with Gasteiger partial charge in [-0.25, -0.2) is 0 Å². The fourth-order valence-corrected chi connectivity index (χ4v) is 3.74. The largest absolute Gasteiger partial charge is 0.458 e. The van der Waals surface area contributed by atoms with Crippen LogP contribution in [0, 0.1) is 5.92 Å². The molecule has 1 aliphatic rings. The summed E-state index contributed by atoms with van der Waals surface area (Å²) < 4.78 is 11.2. The summed E-state index contributed by atoms with van der Waals surface area (Å²) in [4.78, 5) is 12.4. The minimum absolute atomic E-state index is 0.0985. The molecule has 5 nitrogen and oxygen atoms in total. The second kappa shape index (κ2) is 15.8. The predicted octanol–water partition coefficient (Wildman–Crippen LogP) is 5.21. The Morgan fingerprint density at radius 3 is 2.53 bits per heavy atom. The summed E-state index contributed by atoms with van der Waals surface area (Å²) >= 11 is 0. The van der Waals surface area contributed by atoms with Gasteiger partial charge in [-0.15, -0.1) is 0 Å². The molecule has 0 aromatic carbocycles.